The third-order valence-corrected chi connectivity index (χ3v) is 12.2. The van der Waals surface area contributed by atoms with Gasteiger partial charge in [0.2, 0.25) is 0 Å². The second kappa shape index (κ2) is 21.0. The van der Waals surface area contributed by atoms with Crippen molar-refractivity contribution in [2.24, 2.45) is 0 Å². The Labute approximate surface area is 220 Å². The van der Waals surface area contributed by atoms with E-state index in [2.05, 4.69) is 59.5 Å². The van der Waals surface area contributed by atoms with Crippen molar-refractivity contribution in [3.63, 3.8) is 0 Å². The molecular formula is C29H63NO4Si. The lowest BCUT2D eigenvalue weighted by atomic mass is 10.0. The zero-order valence-corrected chi connectivity index (χ0v) is 26.0. The van der Waals surface area contributed by atoms with Gasteiger partial charge in [-0.1, -0.05) is 106 Å². The first-order chi connectivity index (χ1) is 16.6. The minimum Gasteiger partial charge on any atom is -0.417 e. The van der Waals surface area contributed by atoms with Crippen LogP contribution in [0.4, 0.5) is 0 Å². The molecule has 2 unspecified atom stereocenters. The van der Waals surface area contributed by atoms with E-state index in [1.165, 1.54) is 57.8 Å². The molecule has 0 spiro atoms. The molecule has 0 rings (SSSR count). The van der Waals surface area contributed by atoms with Gasteiger partial charge < -0.3 is 23.9 Å². The molecule has 2 atom stereocenters. The molecule has 0 heterocycles. The Morgan fingerprint density at radius 3 is 1.80 bits per heavy atom. The van der Waals surface area contributed by atoms with Gasteiger partial charge in [-0.3, -0.25) is 0 Å². The molecule has 1 N–H and O–H groups in total. The predicted molar refractivity (Wildman–Crippen MR) is 153 cm³/mol. The summed E-state index contributed by atoms with van der Waals surface area (Å²) in [7, 11) is -1.78. The van der Waals surface area contributed by atoms with E-state index in [-0.39, 0.29) is 11.1 Å². The molecule has 0 amide bonds. The normalized spacial score (nSPS) is 14.6. The van der Waals surface area contributed by atoms with Gasteiger partial charge in [0.1, 0.15) is 0 Å². The highest BCUT2D eigenvalue weighted by Crippen LogP contribution is 2.36. The lowest BCUT2D eigenvalue weighted by molar-refractivity contribution is -0.284. The molecule has 5 nitrogen and oxygen atoms in total. The van der Waals surface area contributed by atoms with Gasteiger partial charge in [0.25, 0.3) is 6.48 Å². The Morgan fingerprint density at radius 2 is 1.29 bits per heavy atom. The molecule has 35 heavy (non-hydrogen) atoms. The maximum absolute atomic E-state index is 10.4. The van der Waals surface area contributed by atoms with Crippen molar-refractivity contribution in [1.29, 1.82) is 0 Å². The number of nitrogens with zero attached hydrogens (tertiary/aromatic N) is 1. The molecule has 0 aliphatic rings. The van der Waals surface area contributed by atoms with E-state index < -0.39 is 14.8 Å². The second-order valence-corrected chi connectivity index (χ2v) is 16.5. The minimum absolute atomic E-state index is 0.0217. The number of hydrogen-bond acceptors (Lipinski definition) is 5. The van der Waals surface area contributed by atoms with E-state index >= 15 is 0 Å². The smallest absolute Gasteiger partial charge is 0.269 e. The lowest BCUT2D eigenvalue weighted by Crippen LogP contribution is -2.41. The van der Waals surface area contributed by atoms with Gasteiger partial charge in [-0.05, 0) is 50.5 Å². The van der Waals surface area contributed by atoms with Gasteiger partial charge in [0.15, 0.2) is 8.32 Å². The molecule has 0 fully saturated rings. The number of ether oxygens (including phenoxy) is 2. The van der Waals surface area contributed by atoms with Gasteiger partial charge in [0, 0.05) is 13.2 Å². The van der Waals surface area contributed by atoms with Crippen molar-refractivity contribution in [2.75, 3.05) is 32.8 Å². The van der Waals surface area contributed by atoms with Crippen molar-refractivity contribution in [3.8, 4) is 0 Å². The van der Waals surface area contributed by atoms with E-state index in [1.807, 2.05) is 0 Å². The van der Waals surface area contributed by atoms with Crippen LogP contribution in [0.5, 0.6) is 0 Å². The van der Waals surface area contributed by atoms with Gasteiger partial charge in [-0.15, -0.1) is 0 Å². The molecule has 0 bridgehead atoms. The first-order valence-corrected chi connectivity index (χ1v) is 17.8. The van der Waals surface area contributed by atoms with Gasteiger partial charge in [-0.2, -0.15) is 0 Å². The summed E-state index contributed by atoms with van der Waals surface area (Å²) in [5.41, 5.74) is 0. The SMILES string of the molecule is CCCCCCCCCCCCC(CCO[Si](C)(C)C(C)(C)C)OC(O)OCCCN(CC)CC. The molecule has 0 aliphatic carbocycles. The topological polar surface area (TPSA) is 51.2 Å². The summed E-state index contributed by atoms with van der Waals surface area (Å²) in [4.78, 5) is 2.36. The van der Waals surface area contributed by atoms with E-state index in [4.69, 9.17) is 13.9 Å². The molecule has 0 aliphatic heterocycles. The Hall–Kier alpha value is 0.0169. The number of aliphatic hydroxyl groups excluding tert-OH is 1. The summed E-state index contributed by atoms with van der Waals surface area (Å²) in [6.45, 7) is 21.2. The average molecular weight is 518 g/mol. The van der Waals surface area contributed by atoms with Crippen LogP contribution in [-0.2, 0) is 13.9 Å². The molecule has 0 saturated carbocycles. The molecule has 0 aromatic rings. The van der Waals surface area contributed by atoms with Crippen LogP contribution in [-0.4, -0.2) is 63.8 Å². The second-order valence-electron chi connectivity index (χ2n) is 11.7. The van der Waals surface area contributed by atoms with Crippen molar-refractivity contribution < 1.29 is 19.0 Å². The highest BCUT2D eigenvalue weighted by molar-refractivity contribution is 6.74. The van der Waals surface area contributed by atoms with Crippen LogP contribution in [0, 0.1) is 0 Å². The predicted octanol–water partition coefficient (Wildman–Crippen LogP) is 8.12. The lowest BCUT2D eigenvalue weighted by Gasteiger charge is -2.36. The fourth-order valence-corrected chi connectivity index (χ4v) is 5.08. The van der Waals surface area contributed by atoms with Crippen LogP contribution in [0.3, 0.4) is 0 Å². The molecule has 0 radical (unpaired) electrons. The fourth-order valence-electron chi connectivity index (χ4n) is 4.02. The summed E-state index contributed by atoms with van der Waals surface area (Å²) < 4.78 is 17.9. The first-order valence-electron chi connectivity index (χ1n) is 14.9. The zero-order chi connectivity index (χ0) is 26.6. The average Bonchev–Trinajstić information content (AvgIpc) is 2.79. The molecular weight excluding hydrogens is 454 g/mol. The van der Waals surface area contributed by atoms with Crippen LogP contribution in [0.15, 0.2) is 0 Å². The minimum atomic E-state index is -1.78. The Balaban J connectivity index is 4.38. The Morgan fingerprint density at radius 1 is 0.743 bits per heavy atom. The standard InChI is InChI=1S/C29H63NO4Si/c1-9-12-13-14-15-16-17-18-19-20-22-27(23-26-33-35(7,8)29(4,5)6)34-28(31)32-25-21-24-30(10-2)11-3/h27-28,31H,9-26H2,1-8H3. The van der Waals surface area contributed by atoms with E-state index in [0.717, 1.165) is 45.3 Å². The molecule has 212 valence electrons. The quantitative estimate of drug-likeness (QED) is 0.0796. The monoisotopic (exact) mass is 517 g/mol. The molecule has 0 aromatic heterocycles. The van der Waals surface area contributed by atoms with E-state index in [9.17, 15) is 5.11 Å². The van der Waals surface area contributed by atoms with Crippen molar-refractivity contribution in [2.45, 2.75) is 156 Å². The molecule has 0 aromatic carbocycles. The van der Waals surface area contributed by atoms with Gasteiger partial charge in [0.05, 0.1) is 12.7 Å². The highest BCUT2D eigenvalue weighted by Gasteiger charge is 2.37. The maximum Gasteiger partial charge on any atom is 0.269 e. The number of unbranched alkanes of at least 4 members (excludes halogenated alkanes) is 9. The zero-order valence-electron chi connectivity index (χ0n) is 25.0. The van der Waals surface area contributed by atoms with Crippen LogP contribution in [0.25, 0.3) is 0 Å². The Kier molecular flexibility index (Phi) is 21.0. The van der Waals surface area contributed by atoms with Crippen LogP contribution < -0.4 is 0 Å². The summed E-state index contributed by atoms with van der Waals surface area (Å²) in [5, 5.41) is 10.6. The van der Waals surface area contributed by atoms with Crippen LogP contribution >= 0.6 is 0 Å². The van der Waals surface area contributed by atoms with Gasteiger partial charge in [-0.25, -0.2) is 0 Å². The summed E-state index contributed by atoms with van der Waals surface area (Å²) in [6, 6.07) is 0. The van der Waals surface area contributed by atoms with Crippen LogP contribution in [0.1, 0.15) is 125 Å². The third-order valence-electron chi connectivity index (χ3n) is 7.67. The summed E-state index contributed by atoms with van der Waals surface area (Å²) in [6.07, 6.45) is 15.9. The van der Waals surface area contributed by atoms with Crippen molar-refractivity contribution in [1.82, 2.24) is 4.90 Å². The van der Waals surface area contributed by atoms with E-state index in [1.54, 1.807) is 0 Å². The first kappa shape index (κ1) is 35.0. The van der Waals surface area contributed by atoms with Crippen molar-refractivity contribution in [3.05, 3.63) is 0 Å². The number of rotatable bonds is 24. The number of hydrogen-bond donors (Lipinski definition) is 1. The molecule has 0 saturated heterocycles. The van der Waals surface area contributed by atoms with Crippen LogP contribution in [0.2, 0.25) is 18.1 Å². The third kappa shape index (κ3) is 18.8. The summed E-state index contributed by atoms with van der Waals surface area (Å²) >= 11 is 0. The van der Waals surface area contributed by atoms with E-state index in [0.29, 0.717) is 13.2 Å². The maximum atomic E-state index is 10.4. The highest BCUT2D eigenvalue weighted by atomic mass is 28.4. The fraction of sp³-hybridized carbons (Fsp3) is 1.00. The number of aliphatic hydroxyl groups is 1. The largest absolute Gasteiger partial charge is 0.417 e. The Bertz CT molecular complexity index is 466. The summed E-state index contributed by atoms with van der Waals surface area (Å²) in [5.74, 6) is 0. The molecule has 6 heteroatoms. The van der Waals surface area contributed by atoms with Crippen molar-refractivity contribution >= 4 is 8.32 Å². The van der Waals surface area contributed by atoms with Gasteiger partial charge >= 0.3 is 0 Å².